The third-order valence-electron chi connectivity index (χ3n) is 7.60. The lowest BCUT2D eigenvalue weighted by Crippen LogP contribution is -2.37. The zero-order valence-corrected chi connectivity index (χ0v) is 24.7. The number of ether oxygens (including phenoxy) is 1. The first-order chi connectivity index (χ1) is 19.8. The maximum atomic E-state index is 9.80. The Kier molecular flexibility index (Phi) is 8.97. The Morgan fingerprint density at radius 1 is 0.976 bits per heavy atom. The van der Waals surface area contributed by atoms with Crippen molar-refractivity contribution in [3.63, 3.8) is 0 Å². The van der Waals surface area contributed by atoms with Gasteiger partial charge in [0.25, 0.3) is 0 Å². The van der Waals surface area contributed by atoms with Crippen LogP contribution in [0.25, 0.3) is 11.5 Å². The van der Waals surface area contributed by atoms with Gasteiger partial charge in [0.2, 0.25) is 17.5 Å². The van der Waals surface area contributed by atoms with E-state index in [9.17, 15) is 5.26 Å². The van der Waals surface area contributed by atoms with Gasteiger partial charge < -0.3 is 14.5 Å². The quantitative estimate of drug-likeness (QED) is 0.218. The summed E-state index contributed by atoms with van der Waals surface area (Å²) in [5.74, 6) is 1.53. The molecule has 41 heavy (non-hydrogen) atoms. The summed E-state index contributed by atoms with van der Waals surface area (Å²) in [6, 6.07) is 26.4. The fraction of sp³-hybridized carbons (Fsp3) is 0.353. The van der Waals surface area contributed by atoms with E-state index < -0.39 is 0 Å². The lowest BCUT2D eigenvalue weighted by Gasteiger charge is -2.35. The SMILES string of the molecule is CC(C)(C)c1ccc(C(CNc2oc(-c3ccc(OCc4ccc(Cl)cc4)cc3)nc2C#N)N2CCCCC2)cc1. The van der Waals surface area contributed by atoms with Gasteiger partial charge in [0.05, 0.1) is 6.04 Å². The normalized spacial score (nSPS) is 14.8. The Labute approximate surface area is 247 Å². The number of oxazole rings is 1. The molecule has 0 amide bonds. The van der Waals surface area contributed by atoms with Crippen molar-refractivity contribution in [2.75, 3.05) is 25.0 Å². The number of likely N-dealkylation sites (tertiary alicyclic amines) is 1. The van der Waals surface area contributed by atoms with Crippen LogP contribution >= 0.6 is 11.6 Å². The summed E-state index contributed by atoms with van der Waals surface area (Å²) in [7, 11) is 0. The summed E-state index contributed by atoms with van der Waals surface area (Å²) in [4.78, 5) is 7.01. The van der Waals surface area contributed by atoms with Crippen LogP contribution in [0.5, 0.6) is 5.75 Å². The maximum absolute atomic E-state index is 9.80. The highest BCUT2D eigenvalue weighted by Crippen LogP contribution is 2.31. The second kappa shape index (κ2) is 12.8. The van der Waals surface area contributed by atoms with Gasteiger partial charge in [-0.2, -0.15) is 10.2 Å². The van der Waals surface area contributed by atoms with Crippen molar-refractivity contribution >= 4 is 17.5 Å². The van der Waals surface area contributed by atoms with Crippen LogP contribution in [-0.2, 0) is 12.0 Å². The number of halogens is 1. The third kappa shape index (κ3) is 7.30. The largest absolute Gasteiger partial charge is 0.489 e. The molecule has 1 N–H and O–H groups in total. The molecule has 5 rings (SSSR count). The average molecular weight is 569 g/mol. The van der Waals surface area contributed by atoms with E-state index in [-0.39, 0.29) is 17.2 Å². The fourth-order valence-corrected chi connectivity index (χ4v) is 5.29. The number of anilines is 1. The van der Waals surface area contributed by atoms with E-state index in [1.54, 1.807) is 0 Å². The highest BCUT2D eigenvalue weighted by atomic mass is 35.5. The van der Waals surface area contributed by atoms with E-state index >= 15 is 0 Å². The van der Waals surface area contributed by atoms with Gasteiger partial charge in [-0.15, -0.1) is 0 Å². The van der Waals surface area contributed by atoms with Crippen LogP contribution in [0, 0.1) is 11.3 Å². The molecule has 1 aliphatic rings. The first kappa shape index (κ1) is 28.7. The zero-order chi connectivity index (χ0) is 28.8. The van der Waals surface area contributed by atoms with Crippen molar-refractivity contribution < 1.29 is 9.15 Å². The Bertz CT molecular complexity index is 1460. The van der Waals surface area contributed by atoms with E-state index in [1.807, 2.05) is 48.5 Å². The van der Waals surface area contributed by atoms with Crippen molar-refractivity contribution in [2.24, 2.45) is 0 Å². The number of aromatic nitrogens is 1. The van der Waals surface area contributed by atoms with Gasteiger partial charge in [-0.1, -0.05) is 75.2 Å². The summed E-state index contributed by atoms with van der Waals surface area (Å²) in [6.07, 6.45) is 3.67. The number of nitriles is 1. The molecule has 1 aromatic heterocycles. The molecule has 1 saturated heterocycles. The van der Waals surface area contributed by atoms with E-state index in [0.717, 1.165) is 30.0 Å². The minimum Gasteiger partial charge on any atom is -0.489 e. The Balaban J connectivity index is 1.29. The summed E-state index contributed by atoms with van der Waals surface area (Å²) >= 11 is 5.96. The zero-order valence-electron chi connectivity index (χ0n) is 24.0. The van der Waals surface area contributed by atoms with Crippen LogP contribution in [-0.4, -0.2) is 29.5 Å². The van der Waals surface area contributed by atoms with Crippen LogP contribution in [0.3, 0.4) is 0 Å². The second-order valence-corrected chi connectivity index (χ2v) is 12.0. The molecule has 0 spiro atoms. The van der Waals surface area contributed by atoms with E-state index in [4.69, 9.17) is 20.8 Å². The predicted molar refractivity (Wildman–Crippen MR) is 164 cm³/mol. The lowest BCUT2D eigenvalue weighted by molar-refractivity contribution is 0.170. The number of nitrogens with zero attached hydrogens (tertiary/aromatic N) is 3. The van der Waals surface area contributed by atoms with E-state index in [0.29, 0.717) is 29.9 Å². The smallest absolute Gasteiger partial charge is 0.232 e. The monoisotopic (exact) mass is 568 g/mol. The van der Waals surface area contributed by atoms with Crippen molar-refractivity contribution in [1.29, 1.82) is 5.26 Å². The molecule has 1 aliphatic heterocycles. The minimum atomic E-state index is 0.108. The molecule has 1 unspecified atom stereocenters. The van der Waals surface area contributed by atoms with Crippen molar-refractivity contribution in [3.8, 4) is 23.3 Å². The average Bonchev–Trinajstić information content (AvgIpc) is 3.41. The molecule has 0 saturated carbocycles. The first-order valence-electron chi connectivity index (χ1n) is 14.3. The van der Waals surface area contributed by atoms with Gasteiger partial charge in [0.15, 0.2) is 0 Å². The van der Waals surface area contributed by atoms with Crippen molar-refractivity contribution in [1.82, 2.24) is 9.88 Å². The molecule has 212 valence electrons. The number of benzene rings is 3. The molecule has 1 fully saturated rings. The number of hydrogen-bond donors (Lipinski definition) is 1. The van der Waals surface area contributed by atoms with Crippen molar-refractivity contribution in [2.45, 2.75) is 58.1 Å². The maximum Gasteiger partial charge on any atom is 0.232 e. The molecule has 1 atom stereocenters. The highest BCUT2D eigenvalue weighted by molar-refractivity contribution is 6.30. The molecule has 3 aromatic carbocycles. The van der Waals surface area contributed by atoms with Gasteiger partial charge in [-0.3, -0.25) is 4.90 Å². The first-order valence-corrected chi connectivity index (χ1v) is 14.6. The molecular weight excluding hydrogens is 532 g/mol. The van der Waals surface area contributed by atoms with Gasteiger partial charge >= 0.3 is 0 Å². The molecule has 0 aliphatic carbocycles. The minimum absolute atomic E-state index is 0.108. The summed E-state index contributed by atoms with van der Waals surface area (Å²) in [5, 5.41) is 13.9. The molecule has 2 heterocycles. The Morgan fingerprint density at radius 2 is 1.66 bits per heavy atom. The van der Waals surface area contributed by atoms with Gasteiger partial charge in [-0.05, 0) is 84.4 Å². The number of rotatable bonds is 9. The molecule has 0 radical (unpaired) electrons. The van der Waals surface area contributed by atoms with E-state index in [1.165, 1.54) is 30.4 Å². The van der Waals surface area contributed by atoms with Crippen LogP contribution in [0.1, 0.15) is 68.5 Å². The Morgan fingerprint density at radius 3 is 2.29 bits per heavy atom. The van der Waals surface area contributed by atoms with Crippen molar-refractivity contribution in [3.05, 3.63) is 100 Å². The van der Waals surface area contributed by atoms with Crippen LogP contribution < -0.4 is 10.1 Å². The molecular formula is C34H37ClN4O2. The molecule has 4 aromatic rings. The summed E-state index contributed by atoms with van der Waals surface area (Å²) in [5.41, 5.74) is 4.76. The van der Waals surface area contributed by atoms with E-state index in [2.05, 4.69) is 66.3 Å². The third-order valence-corrected chi connectivity index (χ3v) is 7.85. The topological polar surface area (TPSA) is 74.3 Å². The lowest BCUT2D eigenvalue weighted by atomic mass is 9.86. The van der Waals surface area contributed by atoms with Gasteiger partial charge in [-0.25, -0.2) is 0 Å². The van der Waals surface area contributed by atoms with Crippen LogP contribution in [0.15, 0.2) is 77.2 Å². The number of nitrogens with one attached hydrogen (secondary N) is 1. The summed E-state index contributed by atoms with van der Waals surface area (Å²) in [6.45, 7) is 9.89. The van der Waals surface area contributed by atoms with Gasteiger partial charge in [0.1, 0.15) is 18.4 Å². The van der Waals surface area contributed by atoms with Crippen LogP contribution in [0.2, 0.25) is 5.02 Å². The summed E-state index contributed by atoms with van der Waals surface area (Å²) < 4.78 is 12.0. The Hall–Kier alpha value is -3.79. The molecule has 0 bridgehead atoms. The second-order valence-electron chi connectivity index (χ2n) is 11.6. The standard InChI is InChI=1S/C34H37ClN4O2/c1-34(2,3)27-13-9-25(10-14-27)31(39-19-5-4-6-20-39)22-37-33-30(21-36)38-32(41-33)26-11-17-29(18-12-26)40-23-24-7-15-28(35)16-8-24/h7-18,31,37H,4-6,19-20,22-23H2,1-3H3. The molecule has 7 heteroatoms. The fourth-order valence-electron chi connectivity index (χ4n) is 5.16. The number of piperidine rings is 1. The number of hydrogen-bond acceptors (Lipinski definition) is 6. The molecule has 6 nitrogen and oxygen atoms in total. The highest BCUT2D eigenvalue weighted by Gasteiger charge is 2.25. The van der Waals surface area contributed by atoms with Crippen LogP contribution in [0.4, 0.5) is 5.88 Å². The predicted octanol–water partition coefficient (Wildman–Crippen LogP) is 8.38. The van der Waals surface area contributed by atoms with Gasteiger partial charge in [0, 0.05) is 17.1 Å².